The Morgan fingerprint density at radius 3 is 2.77 bits per heavy atom. The van der Waals surface area contributed by atoms with E-state index in [0.717, 1.165) is 67.7 Å². The van der Waals surface area contributed by atoms with Crippen LogP contribution in [0, 0.1) is 5.92 Å². The molecule has 8 heteroatoms. The fourth-order valence-electron chi connectivity index (χ4n) is 4.78. The zero-order valence-corrected chi connectivity index (χ0v) is 17.6. The lowest BCUT2D eigenvalue weighted by molar-refractivity contribution is -0.132. The van der Waals surface area contributed by atoms with Gasteiger partial charge in [-0.1, -0.05) is 11.2 Å². The predicted octanol–water partition coefficient (Wildman–Crippen LogP) is 3.55. The number of likely N-dealkylation sites (tertiary alicyclic amines) is 1. The summed E-state index contributed by atoms with van der Waals surface area (Å²) in [6.45, 7) is 3.06. The summed E-state index contributed by atoms with van der Waals surface area (Å²) in [5.41, 5.74) is 1.97. The van der Waals surface area contributed by atoms with Crippen LogP contribution < -0.4 is 0 Å². The van der Waals surface area contributed by atoms with Gasteiger partial charge in [-0.2, -0.15) is 10.1 Å². The second-order valence-corrected chi connectivity index (χ2v) is 9.14. The van der Waals surface area contributed by atoms with Crippen molar-refractivity contribution in [2.24, 2.45) is 5.92 Å². The smallest absolute Gasteiger partial charge is 0.258 e. The first kappa shape index (κ1) is 19.0. The fraction of sp³-hybridized carbons (Fsp3) is 0.565. The van der Waals surface area contributed by atoms with Crippen molar-refractivity contribution in [1.29, 1.82) is 0 Å². The van der Waals surface area contributed by atoms with Gasteiger partial charge >= 0.3 is 0 Å². The molecule has 2 aliphatic heterocycles. The maximum atomic E-state index is 12.3. The third-order valence-electron chi connectivity index (χ3n) is 6.91. The van der Waals surface area contributed by atoms with Crippen molar-refractivity contribution < 1.29 is 14.1 Å². The monoisotopic (exact) mass is 421 g/mol. The normalized spacial score (nSPS) is 22.5. The number of ether oxygens (including phenoxy) is 1. The van der Waals surface area contributed by atoms with E-state index in [1.54, 1.807) is 0 Å². The maximum Gasteiger partial charge on any atom is 0.258 e. The Morgan fingerprint density at radius 2 is 2.00 bits per heavy atom. The number of rotatable bonds is 5. The van der Waals surface area contributed by atoms with Crippen molar-refractivity contribution in [2.75, 3.05) is 26.3 Å². The number of piperidine rings is 1. The Balaban J connectivity index is 1.17. The van der Waals surface area contributed by atoms with E-state index in [4.69, 9.17) is 14.2 Å². The Bertz CT molecular complexity index is 1090. The third kappa shape index (κ3) is 3.73. The molecule has 0 N–H and O–H groups in total. The molecule has 0 radical (unpaired) electrons. The first-order valence-corrected chi connectivity index (χ1v) is 11.4. The predicted molar refractivity (Wildman–Crippen MR) is 113 cm³/mol. The van der Waals surface area contributed by atoms with E-state index < -0.39 is 0 Å². The van der Waals surface area contributed by atoms with Gasteiger partial charge in [0.2, 0.25) is 5.91 Å². The number of nitrogens with zero attached hydrogens (tertiary/aromatic N) is 5. The summed E-state index contributed by atoms with van der Waals surface area (Å²) in [6, 6.07) is 6.42. The van der Waals surface area contributed by atoms with Crippen LogP contribution in [0.25, 0.3) is 22.4 Å². The zero-order chi connectivity index (χ0) is 20.8. The van der Waals surface area contributed by atoms with E-state index in [1.807, 2.05) is 17.2 Å². The number of hydrogen-bond donors (Lipinski definition) is 0. The zero-order valence-electron chi connectivity index (χ0n) is 17.6. The first-order chi connectivity index (χ1) is 15.2. The molecule has 2 saturated heterocycles. The molecule has 31 heavy (non-hydrogen) atoms. The number of aromatic nitrogens is 4. The van der Waals surface area contributed by atoms with Crippen LogP contribution in [0.2, 0.25) is 0 Å². The Labute approximate surface area is 180 Å². The summed E-state index contributed by atoms with van der Waals surface area (Å²) in [5, 5.41) is 9.95. The minimum atomic E-state index is 0.243. The number of benzene rings is 1. The summed E-state index contributed by atoms with van der Waals surface area (Å²) in [4.78, 5) is 19.1. The lowest BCUT2D eigenvalue weighted by atomic mass is 9.96. The Morgan fingerprint density at radius 1 is 1.13 bits per heavy atom. The molecule has 1 aromatic carbocycles. The Hall–Kier alpha value is -2.74. The number of carbonyl (C=O) groups excluding carboxylic acids is 1. The molecule has 0 spiro atoms. The Kier molecular flexibility index (Phi) is 4.74. The van der Waals surface area contributed by atoms with Crippen molar-refractivity contribution in [1.82, 2.24) is 24.8 Å². The third-order valence-corrected chi connectivity index (χ3v) is 6.91. The molecular formula is C23H27N5O3. The average Bonchev–Trinajstić information content (AvgIpc) is 3.22. The van der Waals surface area contributed by atoms with Crippen molar-refractivity contribution in [3.05, 3.63) is 30.2 Å². The number of amides is 1. The molecule has 6 rings (SSSR count). The van der Waals surface area contributed by atoms with E-state index in [9.17, 15) is 4.79 Å². The topological polar surface area (TPSA) is 86.3 Å². The van der Waals surface area contributed by atoms with E-state index in [2.05, 4.69) is 27.1 Å². The molecule has 1 saturated carbocycles. The molecule has 0 unspecified atom stereocenters. The SMILES string of the molecule is O=C(CC1CC1)N1CCC(c2noc(-c3ccc4cnn([C@@H]5CCOC5)c4c3)n2)CC1. The lowest BCUT2D eigenvalue weighted by Crippen LogP contribution is -2.38. The van der Waals surface area contributed by atoms with Crippen LogP contribution in [0.15, 0.2) is 28.9 Å². The summed E-state index contributed by atoms with van der Waals surface area (Å²) in [7, 11) is 0. The van der Waals surface area contributed by atoms with Crippen molar-refractivity contribution in [2.45, 2.75) is 50.5 Å². The van der Waals surface area contributed by atoms with Crippen LogP contribution in [0.4, 0.5) is 0 Å². The van der Waals surface area contributed by atoms with Crippen LogP contribution in [0.3, 0.4) is 0 Å². The van der Waals surface area contributed by atoms with Gasteiger partial charge in [-0.3, -0.25) is 9.48 Å². The van der Waals surface area contributed by atoms with Gasteiger partial charge in [0.25, 0.3) is 5.89 Å². The highest BCUT2D eigenvalue weighted by Crippen LogP contribution is 2.34. The molecular weight excluding hydrogens is 394 g/mol. The van der Waals surface area contributed by atoms with E-state index in [0.29, 0.717) is 24.3 Å². The summed E-state index contributed by atoms with van der Waals surface area (Å²) >= 11 is 0. The molecule has 1 atom stereocenters. The second-order valence-electron chi connectivity index (χ2n) is 9.14. The van der Waals surface area contributed by atoms with Gasteiger partial charge < -0.3 is 14.2 Å². The van der Waals surface area contributed by atoms with Crippen molar-refractivity contribution in [3.8, 4) is 11.5 Å². The first-order valence-electron chi connectivity index (χ1n) is 11.4. The summed E-state index contributed by atoms with van der Waals surface area (Å²) in [6.07, 6.45) is 7.82. The largest absolute Gasteiger partial charge is 0.379 e. The highest BCUT2D eigenvalue weighted by Gasteiger charge is 2.31. The standard InChI is InChI=1S/C23H27N5O3/c29-21(11-15-1-2-15)27-8-5-16(6-9-27)22-25-23(31-26-22)17-3-4-18-13-24-28(20(18)12-17)19-7-10-30-14-19/h3-4,12-13,15-16,19H,1-2,5-11,14H2/t19-/m1/s1. The van der Waals surface area contributed by atoms with E-state index >= 15 is 0 Å². The molecule has 1 aliphatic carbocycles. The van der Waals surface area contributed by atoms with Crippen LogP contribution in [0.1, 0.15) is 56.3 Å². The van der Waals surface area contributed by atoms with E-state index in [1.165, 1.54) is 12.8 Å². The minimum absolute atomic E-state index is 0.243. The van der Waals surface area contributed by atoms with Gasteiger partial charge in [0.15, 0.2) is 5.82 Å². The van der Waals surface area contributed by atoms with Gasteiger partial charge in [-0.25, -0.2) is 0 Å². The van der Waals surface area contributed by atoms with Crippen LogP contribution in [0.5, 0.6) is 0 Å². The van der Waals surface area contributed by atoms with Gasteiger partial charge in [-0.15, -0.1) is 0 Å². The highest BCUT2D eigenvalue weighted by molar-refractivity contribution is 5.83. The minimum Gasteiger partial charge on any atom is -0.379 e. The molecule has 0 bridgehead atoms. The van der Waals surface area contributed by atoms with Crippen molar-refractivity contribution in [3.63, 3.8) is 0 Å². The molecule has 162 valence electrons. The van der Waals surface area contributed by atoms with Gasteiger partial charge in [0.05, 0.1) is 24.4 Å². The van der Waals surface area contributed by atoms with Gasteiger partial charge in [0.1, 0.15) is 0 Å². The molecule has 3 aliphatic rings. The second kappa shape index (κ2) is 7.75. The number of carbonyl (C=O) groups is 1. The molecule has 8 nitrogen and oxygen atoms in total. The molecule has 3 aromatic rings. The molecule has 4 heterocycles. The molecule has 1 amide bonds. The quantitative estimate of drug-likeness (QED) is 0.626. The molecule has 2 aromatic heterocycles. The fourth-order valence-corrected chi connectivity index (χ4v) is 4.78. The summed E-state index contributed by atoms with van der Waals surface area (Å²) in [5.74, 6) is 2.49. The van der Waals surface area contributed by atoms with Gasteiger partial charge in [-0.05, 0) is 50.2 Å². The van der Waals surface area contributed by atoms with Gasteiger partial charge in [0, 0.05) is 43.0 Å². The molecule has 3 fully saturated rings. The number of hydrogen-bond acceptors (Lipinski definition) is 6. The van der Waals surface area contributed by atoms with Crippen LogP contribution >= 0.6 is 0 Å². The van der Waals surface area contributed by atoms with Crippen LogP contribution in [-0.2, 0) is 9.53 Å². The number of fused-ring (bicyclic) bond motifs is 1. The highest BCUT2D eigenvalue weighted by atomic mass is 16.5. The lowest BCUT2D eigenvalue weighted by Gasteiger charge is -2.30. The van der Waals surface area contributed by atoms with Crippen molar-refractivity contribution >= 4 is 16.8 Å². The maximum absolute atomic E-state index is 12.3. The van der Waals surface area contributed by atoms with E-state index in [-0.39, 0.29) is 12.0 Å². The summed E-state index contributed by atoms with van der Waals surface area (Å²) < 4.78 is 13.2. The average molecular weight is 422 g/mol. The van der Waals surface area contributed by atoms with Crippen LogP contribution in [-0.4, -0.2) is 57.0 Å².